The van der Waals surface area contributed by atoms with Gasteiger partial charge in [-0.2, -0.15) is 0 Å². The molecule has 5 rings (SSSR count). The van der Waals surface area contributed by atoms with Crippen molar-refractivity contribution in [2.45, 2.75) is 159 Å². The zero-order valence-corrected chi connectivity index (χ0v) is 57.4. The average Bonchev–Trinajstić information content (AvgIpc) is 1.61. The molecule has 0 radical (unpaired) electrons. The van der Waals surface area contributed by atoms with E-state index >= 15 is 0 Å². The topological polar surface area (TPSA) is 490 Å². The van der Waals surface area contributed by atoms with Gasteiger partial charge in [-0.05, 0) is 91.0 Å². The SMILES string of the molecule is CC[C@H](C)[C@H](NC(=O)CNC(=O)[C@@H](NC(=O)[C@H](C)NC(=O)[C@@H]1C[C@@H](O)CN1C(=O)[C@H](CC(N)=O)NC(=O)CN(CCc1cccc2ccccc12)C(=O)[C@@H](N)CCCN=C(N)N)c1ccccc1)C(=O)N[C@@H](CC(C)C)C(=O)N[C@H](C(=O)N[C@@H](Cc1cccc(Br)c1)C(N)=O)[C@@H](C)O. The summed E-state index contributed by atoms with van der Waals surface area (Å²) in [5, 5.41) is 43.8. The maximum absolute atomic E-state index is 14.4. The summed E-state index contributed by atoms with van der Waals surface area (Å²) in [5.41, 5.74) is 30.2. The third-order valence-corrected chi connectivity index (χ3v) is 16.9. The van der Waals surface area contributed by atoms with Gasteiger partial charge in [0.05, 0.1) is 37.8 Å². The van der Waals surface area contributed by atoms with Crippen molar-refractivity contribution in [2.24, 2.45) is 45.5 Å². The van der Waals surface area contributed by atoms with Crippen molar-refractivity contribution in [3.05, 3.63) is 118 Å². The molecule has 1 heterocycles. The van der Waals surface area contributed by atoms with Gasteiger partial charge in [0, 0.05) is 36.9 Å². The smallest absolute Gasteiger partial charge is 0.247 e. The molecular formula is C67H93BrN16O14. The molecule has 0 bridgehead atoms. The van der Waals surface area contributed by atoms with Gasteiger partial charge in [-0.3, -0.25) is 62.5 Å². The third-order valence-electron chi connectivity index (χ3n) is 16.4. The quantitative estimate of drug-likeness (QED) is 0.0136. The van der Waals surface area contributed by atoms with Crippen LogP contribution in [-0.4, -0.2) is 190 Å². The number of aliphatic imine (C=N–C) groups is 1. The summed E-state index contributed by atoms with van der Waals surface area (Å²) < 4.78 is 0.716. The van der Waals surface area contributed by atoms with Gasteiger partial charge in [0.1, 0.15) is 48.3 Å². The van der Waals surface area contributed by atoms with E-state index in [1.165, 1.54) is 30.9 Å². The van der Waals surface area contributed by atoms with Crippen LogP contribution in [0.15, 0.2) is 107 Å². The van der Waals surface area contributed by atoms with Gasteiger partial charge in [-0.15, -0.1) is 0 Å². The van der Waals surface area contributed by atoms with E-state index in [4.69, 9.17) is 28.7 Å². The fourth-order valence-corrected chi connectivity index (χ4v) is 11.5. The minimum atomic E-state index is -1.70. The second-order valence-electron chi connectivity index (χ2n) is 24.8. The lowest BCUT2D eigenvalue weighted by molar-refractivity contribution is -0.144. The Morgan fingerprint density at radius 3 is 2.00 bits per heavy atom. The maximum Gasteiger partial charge on any atom is 0.247 e. The summed E-state index contributed by atoms with van der Waals surface area (Å²) >= 11 is 3.36. The van der Waals surface area contributed by atoms with Crippen molar-refractivity contribution >= 4 is 104 Å². The summed E-state index contributed by atoms with van der Waals surface area (Å²) in [4.78, 5) is 171. The summed E-state index contributed by atoms with van der Waals surface area (Å²) in [5.74, 6) is -11.5. The van der Waals surface area contributed by atoms with Crippen molar-refractivity contribution in [3.63, 3.8) is 0 Å². The highest BCUT2D eigenvalue weighted by Gasteiger charge is 2.43. The number of β-amino-alcohol motifs (C(OH)–C–C–N with tert-alkyl or cyclic N) is 1. The molecule has 1 fully saturated rings. The zero-order chi connectivity index (χ0) is 72.5. The first-order chi connectivity index (χ1) is 46.4. The number of nitrogens with zero attached hydrogens (tertiary/aromatic N) is 3. The largest absolute Gasteiger partial charge is 0.391 e. The number of primary amides is 2. The summed E-state index contributed by atoms with van der Waals surface area (Å²) in [6.07, 6.45) is -2.73. The Labute approximate surface area is 577 Å². The van der Waals surface area contributed by atoms with E-state index < -0.39 is 169 Å². The molecule has 31 heteroatoms. The lowest BCUT2D eigenvalue weighted by Gasteiger charge is -2.30. The van der Waals surface area contributed by atoms with Crippen molar-refractivity contribution in [2.75, 3.05) is 32.7 Å². The molecule has 0 aliphatic carbocycles. The molecule has 12 amide bonds. The fraction of sp³-hybridized carbons (Fsp3) is 0.478. The fourth-order valence-electron chi connectivity index (χ4n) is 11.0. The molecule has 4 aromatic carbocycles. The van der Waals surface area contributed by atoms with Crippen LogP contribution >= 0.6 is 15.9 Å². The Morgan fingerprint density at radius 2 is 1.36 bits per heavy atom. The van der Waals surface area contributed by atoms with E-state index in [0.29, 0.717) is 29.3 Å². The molecule has 20 N–H and O–H groups in total. The molecule has 0 spiro atoms. The maximum atomic E-state index is 14.4. The van der Waals surface area contributed by atoms with Crippen LogP contribution in [-0.2, 0) is 70.4 Å². The van der Waals surface area contributed by atoms with Crippen LogP contribution in [0, 0.1) is 11.8 Å². The Morgan fingerprint density at radius 1 is 0.704 bits per heavy atom. The zero-order valence-electron chi connectivity index (χ0n) is 55.8. The Bertz CT molecular complexity index is 3500. The third kappa shape index (κ3) is 24.5. The highest BCUT2D eigenvalue weighted by molar-refractivity contribution is 9.10. The van der Waals surface area contributed by atoms with Gasteiger partial charge in [0.2, 0.25) is 70.9 Å². The molecule has 0 saturated carbocycles. The van der Waals surface area contributed by atoms with Crippen LogP contribution in [0.5, 0.6) is 0 Å². The van der Waals surface area contributed by atoms with E-state index in [1.807, 2.05) is 42.5 Å². The highest BCUT2D eigenvalue weighted by atomic mass is 79.9. The van der Waals surface area contributed by atoms with E-state index in [9.17, 15) is 67.7 Å². The lowest BCUT2D eigenvalue weighted by atomic mass is 9.96. The van der Waals surface area contributed by atoms with Crippen molar-refractivity contribution < 1.29 is 67.7 Å². The van der Waals surface area contributed by atoms with Gasteiger partial charge in [-0.25, -0.2) is 0 Å². The minimum absolute atomic E-state index is 0.00335. The Balaban J connectivity index is 1.24. The van der Waals surface area contributed by atoms with Gasteiger partial charge in [-0.1, -0.05) is 135 Å². The number of halogens is 1. The molecule has 30 nitrogen and oxygen atoms in total. The average molecular weight is 1430 g/mol. The van der Waals surface area contributed by atoms with Crippen LogP contribution < -0.4 is 71.2 Å². The second kappa shape index (κ2) is 38.4. The van der Waals surface area contributed by atoms with Crippen molar-refractivity contribution in [1.82, 2.24) is 52.3 Å². The number of nitrogens with one attached hydrogen (secondary N) is 8. The number of hydrogen-bond donors (Lipinski definition) is 15. The number of aliphatic hydroxyl groups is 2. The summed E-state index contributed by atoms with van der Waals surface area (Å²) in [6, 6.07) is 15.4. The number of hydrogen-bond acceptors (Lipinski definition) is 16. The normalized spacial score (nSPS) is 16.5. The number of amides is 12. The number of rotatable bonds is 37. The number of guanidine groups is 1. The van der Waals surface area contributed by atoms with E-state index in [-0.39, 0.29) is 56.2 Å². The summed E-state index contributed by atoms with van der Waals surface area (Å²) in [7, 11) is 0. The van der Waals surface area contributed by atoms with Crippen LogP contribution in [0.3, 0.4) is 0 Å². The van der Waals surface area contributed by atoms with Crippen molar-refractivity contribution in [1.29, 1.82) is 0 Å². The van der Waals surface area contributed by atoms with Gasteiger partial charge in [0.25, 0.3) is 0 Å². The number of likely N-dealkylation sites (tertiary alicyclic amines) is 1. The van der Waals surface area contributed by atoms with Crippen LogP contribution in [0.1, 0.15) is 103 Å². The highest BCUT2D eigenvalue weighted by Crippen LogP contribution is 2.23. The van der Waals surface area contributed by atoms with Crippen LogP contribution in [0.2, 0.25) is 0 Å². The van der Waals surface area contributed by atoms with Crippen LogP contribution in [0.4, 0.5) is 0 Å². The first kappa shape index (κ1) is 79.1. The number of fused-ring (bicyclic) bond motifs is 1. The van der Waals surface area contributed by atoms with Crippen LogP contribution in [0.25, 0.3) is 10.8 Å². The number of carbonyl (C=O) groups excluding carboxylic acids is 12. The van der Waals surface area contributed by atoms with E-state index in [1.54, 1.807) is 70.2 Å². The summed E-state index contributed by atoms with van der Waals surface area (Å²) in [6.45, 7) is 7.90. The van der Waals surface area contributed by atoms with E-state index in [0.717, 1.165) is 21.2 Å². The molecule has 1 saturated heterocycles. The van der Waals surface area contributed by atoms with Gasteiger partial charge in [0.15, 0.2) is 5.96 Å². The predicted molar refractivity (Wildman–Crippen MR) is 367 cm³/mol. The van der Waals surface area contributed by atoms with E-state index in [2.05, 4.69) is 63.5 Å². The second-order valence-corrected chi connectivity index (χ2v) is 25.8. The van der Waals surface area contributed by atoms with Crippen molar-refractivity contribution in [3.8, 4) is 0 Å². The molecule has 532 valence electrons. The van der Waals surface area contributed by atoms with Gasteiger partial charge < -0.3 is 91.2 Å². The van der Waals surface area contributed by atoms with Gasteiger partial charge >= 0.3 is 0 Å². The predicted octanol–water partition coefficient (Wildman–Crippen LogP) is -1.71. The monoisotopic (exact) mass is 1420 g/mol. The first-order valence-corrected chi connectivity index (χ1v) is 33.1. The molecule has 1 aliphatic heterocycles. The number of carbonyl (C=O) groups is 12. The molecule has 98 heavy (non-hydrogen) atoms. The first-order valence-electron chi connectivity index (χ1n) is 32.4. The minimum Gasteiger partial charge on any atom is -0.391 e. The molecule has 12 atom stereocenters. The molecule has 0 unspecified atom stereocenters. The molecule has 1 aliphatic rings. The standard InChI is InChI=1S/C67H93BrN16O14/c1-7-37(4)55(63(95)79-49(28-36(2)3)60(92)81-56(39(6)85)64(96)78-48(58(71)90)30-40-16-13-22-44(68)29-40)80-53(88)33-75-62(94)57(43-18-9-8-10-19-43)82-59(91)38(5)76-61(93)51-31-45(86)34-84(51)66(98)50(32-52(70)87)77-54(89)35-83(65(97)47(69)24-15-26-74-67(72)73)27-25-42-21-14-20-41-17-11-12-23-46(41)42/h8-14,16-23,29,36-39,45,47-51,55-57,85-86H,7,15,24-28,30-35,69H2,1-6H3,(H2,70,87)(H2,71,90)(H,75,94)(H,76,93)(H,77,89)(H,78,96)(H,79,95)(H,80,88)(H,81,92)(H,82,91)(H4,72,73,74)/t37-,38-,39+,45+,47-,48-,49-,50-,51-,55-,56-,57-/m0/s1. The number of benzene rings is 4. The molecule has 4 aromatic rings. The Kier molecular flexibility index (Phi) is 31.0. The Hall–Kier alpha value is -9.59. The number of nitrogens with two attached hydrogens (primary N) is 5. The molecule has 0 aromatic heterocycles. The lowest BCUT2D eigenvalue weighted by Crippen LogP contribution is -2.61. The number of aliphatic hydroxyl groups excluding tert-OH is 2. The molecular weight excluding hydrogens is 1330 g/mol.